The van der Waals surface area contributed by atoms with Gasteiger partial charge in [-0.3, -0.25) is 4.79 Å². The van der Waals surface area contributed by atoms with Crippen molar-refractivity contribution in [1.29, 1.82) is 0 Å². The summed E-state index contributed by atoms with van der Waals surface area (Å²) in [6.45, 7) is 12.5. The molecule has 0 heterocycles. The first-order valence-corrected chi connectivity index (χ1v) is 12.3. The number of esters is 1. The molecule has 0 aromatic heterocycles. The second kappa shape index (κ2) is 21.7. The predicted octanol–water partition coefficient (Wildman–Crippen LogP) is 3.03. The van der Waals surface area contributed by atoms with Crippen LogP contribution in [-0.2, 0) is 49.3 Å². The van der Waals surface area contributed by atoms with Crippen molar-refractivity contribution in [1.82, 2.24) is 0 Å². The Bertz CT molecular complexity index is 605. The largest absolute Gasteiger partial charge is 0.460 e. The van der Waals surface area contributed by atoms with E-state index in [1.807, 2.05) is 51.1 Å². The molecule has 0 bridgehead atoms. The molecule has 0 fully saturated rings. The van der Waals surface area contributed by atoms with E-state index in [-0.39, 0.29) is 12.4 Å². The summed E-state index contributed by atoms with van der Waals surface area (Å²) in [7, 11) is 0. The monoisotopic (exact) mass is 500 g/mol. The van der Waals surface area contributed by atoms with Crippen LogP contribution in [0.3, 0.4) is 0 Å². The number of hydrogen-bond donors (Lipinski definition) is 0. The van der Waals surface area contributed by atoms with Gasteiger partial charge in [0.05, 0.1) is 98.9 Å². The van der Waals surface area contributed by atoms with Gasteiger partial charge in [-0.15, -0.1) is 0 Å². The Morgan fingerprint density at radius 2 is 0.943 bits per heavy atom. The van der Waals surface area contributed by atoms with Crippen LogP contribution in [0.15, 0.2) is 30.3 Å². The predicted molar refractivity (Wildman–Crippen MR) is 131 cm³/mol. The average molecular weight is 501 g/mol. The van der Waals surface area contributed by atoms with Crippen molar-refractivity contribution in [2.24, 2.45) is 0 Å². The van der Waals surface area contributed by atoms with Gasteiger partial charge in [-0.05, 0) is 26.3 Å². The first-order valence-electron chi connectivity index (χ1n) is 12.3. The van der Waals surface area contributed by atoms with Gasteiger partial charge in [0.15, 0.2) is 0 Å². The third-order valence-corrected chi connectivity index (χ3v) is 4.21. The minimum Gasteiger partial charge on any atom is -0.460 e. The van der Waals surface area contributed by atoms with Gasteiger partial charge in [-0.1, -0.05) is 30.3 Å². The zero-order chi connectivity index (χ0) is 25.5. The number of rotatable bonds is 23. The number of carbonyl (C=O) groups is 1. The summed E-state index contributed by atoms with van der Waals surface area (Å²) in [4.78, 5) is 11.5. The fraction of sp³-hybridized carbons (Fsp3) is 0.731. The summed E-state index contributed by atoms with van der Waals surface area (Å²) >= 11 is 0. The lowest BCUT2D eigenvalue weighted by Gasteiger charge is -2.19. The SMILES string of the molecule is CC(C)(C)OC(=O)CCOCCOCCOCCOCCOCCOCCOCc1ccccc1. The molecule has 0 aliphatic heterocycles. The Balaban J connectivity index is 1.69. The van der Waals surface area contributed by atoms with Crippen molar-refractivity contribution in [3.8, 4) is 0 Å². The van der Waals surface area contributed by atoms with E-state index in [1.54, 1.807) is 0 Å². The molecule has 202 valence electrons. The smallest absolute Gasteiger partial charge is 0.308 e. The van der Waals surface area contributed by atoms with Crippen LogP contribution in [0.1, 0.15) is 32.8 Å². The highest BCUT2D eigenvalue weighted by molar-refractivity contribution is 5.69. The fourth-order valence-corrected chi connectivity index (χ4v) is 2.63. The highest BCUT2D eigenvalue weighted by atomic mass is 16.6. The maximum absolute atomic E-state index is 11.5. The molecule has 0 unspecified atom stereocenters. The van der Waals surface area contributed by atoms with Crippen molar-refractivity contribution in [2.75, 3.05) is 85.9 Å². The summed E-state index contributed by atoms with van der Waals surface area (Å²) in [5, 5.41) is 0. The summed E-state index contributed by atoms with van der Waals surface area (Å²) in [6, 6.07) is 10.1. The Morgan fingerprint density at radius 3 is 1.34 bits per heavy atom. The van der Waals surface area contributed by atoms with Gasteiger partial charge in [0.2, 0.25) is 0 Å². The first kappa shape index (κ1) is 31.4. The van der Waals surface area contributed by atoms with Crippen LogP contribution in [-0.4, -0.2) is 97.5 Å². The van der Waals surface area contributed by atoms with E-state index >= 15 is 0 Å². The molecule has 0 spiro atoms. The zero-order valence-corrected chi connectivity index (χ0v) is 21.7. The van der Waals surface area contributed by atoms with Gasteiger partial charge >= 0.3 is 5.97 Å². The van der Waals surface area contributed by atoms with Crippen LogP contribution in [0.4, 0.5) is 0 Å². The number of benzene rings is 1. The molecule has 0 saturated carbocycles. The van der Waals surface area contributed by atoms with Crippen LogP contribution in [0.5, 0.6) is 0 Å². The molecular weight excluding hydrogens is 456 g/mol. The summed E-state index contributed by atoms with van der Waals surface area (Å²) < 4.78 is 43.3. The van der Waals surface area contributed by atoms with Crippen LogP contribution in [0.25, 0.3) is 0 Å². The van der Waals surface area contributed by atoms with Gasteiger partial charge in [-0.2, -0.15) is 0 Å². The van der Waals surface area contributed by atoms with Crippen molar-refractivity contribution in [3.05, 3.63) is 35.9 Å². The summed E-state index contributed by atoms with van der Waals surface area (Å²) in [5.41, 5.74) is 0.693. The highest BCUT2D eigenvalue weighted by Gasteiger charge is 2.15. The molecule has 1 aromatic carbocycles. The molecule has 35 heavy (non-hydrogen) atoms. The van der Waals surface area contributed by atoms with E-state index in [9.17, 15) is 4.79 Å². The highest BCUT2D eigenvalue weighted by Crippen LogP contribution is 2.08. The van der Waals surface area contributed by atoms with Crippen LogP contribution in [0, 0.1) is 0 Å². The van der Waals surface area contributed by atoms with E-state index in [2.05, 4.69) is 0 Å². The molecule has 0 amide bonds. The zero-order valence-electron chi connectivity index (χ0n) is 21.7. The molecule has 0 atom stereocenters. The van der Waals surface area contributed by atoms with Gasteiger partial charge in [0.25, 0.3) is 0 Å². The fourth-order valence-electron chi connectivity index (χ4n) is 2.63. The Kier molecular flexibility index (Phi) is 19.5. The maximum atomic E-state index is 11.5. The average Bonchev–Trinajstić information content (AvgIpc) is 2.82. The van der Waals surface area contributed by atoms with Gasteiger partial charge in [-0.25, -0.2) is 0 Å². The second-order valence-electron chi connectivity index (χ2n) is 8.55. The molecule has 0 aliphatic rings. The minimum atomic E-state index is -0.465. The van der Waals surface area contributed by atoms with E-state index in [1.165, 1.54) is 0 Å². The van der Waals surface area contributed by atoms with Crippen molar-refractivity contribution >= 4 is 5.97 Å². The molecule has 0 N–H and O–H groups in total. The van der Waals surface area contributed by atoms with Crippen molar-refractivity contribution in [2.45, 2.75) is 39.4 Å². The standard InChI is InChI=1S/C26H44O9/c1-26(2,3)35-25(27)9-10-28-11-12-29-13-14-30-15-16-31-17-18-32-19-20-33-21-22-34-23-24-7-5-4-6-8-24/h4-8H,9-23H2,1-3H3. The van der Waals surface area contributed by atoms with Crippen LogP contribution in [0.2, 0.25) is 0 Å². The van der Waals surface area contributed by atoms with Gasteiger partial charge < -0.3 is 37.9 Å². The molecule has 0 radical (unpaired) electrons. The molecule has 9 heteroatoms. The second-order valence-corrected chi connectivity index (χ2v) is 8.55. The molecule has 1 aromatic rings. The maximum Gasteiger partial charge on any atom is 0.308 e. The van der Waals surface area contributed by atoms with Gasteiger partial charge in [0, 0.05) is 0 Å². The lowest BCUT2D eigenvalue weighted by molar-refractivity contribution is -0.156. The summed E-state index contributed by atoms with van der Waals surface area (Å²) in [6.07, 6.45) is 0.240. The lowest BCUT2D eigenvalue weighted by atomic mass is 10.2. The molecule has 0 aliphatic carbocycles. The van der Waals surface area contributed by atoms with Crippen LogP contribution >= 0.6 is 0 Å². The Morgan fingerprint density at radius 1 is 0.571 bits per heavy atom. The van der Waals surface area contributed by atoms with Gasteiger partial charge in [0.1, 0.15) is 5.60 Å². The Labute approximate surface area is 210 Å². The number of carbonyl (C=O) groups excluding carboxylic acids is 1. The van der Waals surface area contributed by atoms with Crippen molar-refractivity contribution < 1.29 is 42.7 Å². The molecule has 9 nitrogen and oxygen atoms in total. The Hall–Kier alpha value is -1.59. The quantitative estimate of drug-likeness (QED) is 0.166. The summed E-state index contributed by atoms with van der Waals surface area (Å²) in [5.74, 6) is -0.258. The van der Waals surface area contributed by atoms with E-state index in [0.29, 0.717) is 92.5 Å². The minimum absolute atomic E-state index is 0.240. The molecular formula is C26H44O9. The third-order valence-electron chi connectivity index (χ3n) is 4.21. The third kappa shape index (κ3) is 22.6. The first-order chi connectivity index (χ1) is 17.0. The van der Waals surface area contributed by atoms with Crippen LogP contribution < -0.4 is 0 Å². The number of ether oxygens (including phenoxy) is 8. The molecule has 0 saturated heterocycles. The van der Waals surface area contributed by atoms with E-state index < -0.39 is 5.60 Å². The van der Waals surface area contributed by atoms with Crippen molar-refractivity contribution in [3.63, 3.8) is 0 Å². The van der Waals surface area contributed by atoms with E-state index in [0.717, 1.165) is 5.56 Å². The number of hydrogen-bond acceptors (Lipinski definition) is 9. The lowest BCUT2D eigenvalue weighted by Crippen LogP contribution is -2.24. The molecule has 1 rings (SSSR count). The normalized spacial score (nSPS) is 11.6. The van der Waals surface area contributed by atoms with E-state index in [4.69, 9.17) is 37.9 Å². The topological polar surface area (TPSA) is 90.9 Å².